The summed E-state index contributed by atoms with van der Waals surface area (Å²) in [6, 6.07) is 18.4. The van der Waals surface area contributed by atoms with E-state index in [1.54, 1.807) is 19.9 Å². The molecule has 6 heteroatoms. The smallest absolute Gasteiger partial charge is 0.252 e. The molecule has 0 heterocycles. The van der Waals surface area contributed by atoms with Crippen LogP contribution in [-0.2, 0) is 10.0 Å². The second-order valence-corrected chi connectivity index (χ2v) is 8.51. The molecule has 1 atom stereocenters. The molecule has 0 radical (unpaired) electrons. The van der Waals surface area contributed by atoms with Crippen LogP contribution in [0.15, 0.2) is 65.6 Å². The van der Waals surface area contributed by atoms with E-state index in [9.17, 15) is 13.2 Å². The van der Waals surface area contributed by atoms with Gasteiger partial charge in [0.05, 0.1) is 10.9 Å². The van der Waals surface area contributed by atoms with Crippen molar-refractivity contribution in [2.75, 3.05) is 6.54 Å². The number of benzene rings is 3. The number of aryl methyl sites for hydroxylation is 1. The first-order chi connectivity index (χ1) is 13.3. The molecule has 0 saturated carbocycles. The Bertz CT molecular complexity index is 1120. The first-order valence-corrected chi connectivity index (χ1v) is 10.7. The van der Waals surface area contributed by atoms with E-state index in [0.717, 1.165) is 21.9 Å². The second-order valence-electron chi connectivity index (χ2n) is 6.74. The molecule has 3 rings (SSSR count). The molecule has 0 spiro atoms. The zero-order chi connectivity index (χ0) is 20.3. The highest BCUT2D eigenvalue weighted by molar-refractivity contribution is 7.89. The molecule has 1 unspecified atom stereocenters. The van der Waals surface area contributed by atoms with E-state index in [-0.39, 0.29) is 23.4 Å². The summed E-state index contributed by atoms with van der Waals surface area (Å²) in [5.74, 6) is -0.300. The molecular weight excluding hydrogens is 372 g/mol. The Kier molecular flexibility index (Phi) is 5.82. The minimum absolute atomic E-state index is 0.0860. The van der Waals surface area contributed by atoms with Crippen molar-refractivity contribution in [3.05, 3.63) is 77.4 Å². The van der Waals surface area contributed by atoms with E-state index in [4.69, 9.17) is 0 Å². The third-order valence-corrected chi connectivity index (χ3v) is 6.28. The minimum atomic E-state index is -3.62. The quantitative estimate of drug-likeness (QED) is 0.663. The van der Waals surface area contributed by atoms with Crippen molar-refractivity contribution < 1.29 is 13.2 Å². The number of hydrogen-bond donors (Lipinski definition) is 2. The number of hydrogen-bond acceptors (Lipinski definition) is 3. The third-order valence-electron chi connectivity index (χ3n) is 4.74. The van der Waals surface area contributed by atoms with Crippen molar-refractivity contribution in [3.8, 4) is 0 Å². The number of rotatable bonds is 6. The van der Waals surface area contributed by atoms with Crippen molar-refractivity contribution in [2.24, 2.45) is 0 Å². The largest absolute Gasteiger partial charge is 0.345 e. The standard InChI is InChI=1S/C22H24N2O3S/c1-4-23-28(26,27)18-13-12-15(2)21(14-18)22(25)24-16(3)19-11-7-9-17-8-5-6-10-20(17)19/h5-14,16,23H,4H2,1-3H3,(H,24,25). The first kappa shape index (κ1) is 20.0. The number of fused-ring (bicyclic) bond motifs is 1. The molecule has 2 N–H and O–H groups in total. The summed E-state index contributed by atoms with van der Waals surface area (Å²) < 4.78 is 27.0. The fourth-order valence-electron chi connectivity index (χ4n) is 3.27. The maximum Gasteiger partial charge on any atom is 0.252 e. The van der Waals surface area contributed by atoms with Crippen LogP contribution in [0.3, 0.4) is 0 Å². The summed E-state index contributed by atoms with van der Waals surface area (Å²) in [5.41, 5.74) is 2.09. The van der Waals surface area contributed by atoms with Crippen LogP contribution < -0.4 is 10.0 Å². The Morgan fingerprint density at radius 2 is 1.75 bits per heavy atom. The van der Waals surface area contributed by atoms with Gasteiger partial charge in [0.1, 0.15) is 0 Å². The minimum Gasteiger partial charge on any atom is -0.345 e. The zero-order valence-corrected chi connectivity index (χ0v) is 17.0. The highest BCUT2D eigenvalue weighted by Crippen LogP contribution is 2.25. The van der Waals surface area contributed by atoms with Gasteiger partial charge in [0.2, 0.25) is 10.0 Å². The van der Waals surface area contributed by atoms with Crippen LogP contribution in [0.4, 0.5) is 0 Å². The summed E-state index contributed by atoms with van der Waals surface area (Å²) in [5, 5.41) is 5.19. The number of carbonyl (C=O) groups is 1. The number of nitrogens with one attached hydrogen (secondary N) is 2. The van der Waals surface area contributed by atoms with E-state index in [1.807, 2.05) is 49.4 Å². The average Bonchev–Trinajstić information content (AvgIpc) is 2.67. The van der Waals surface area contributed by atoms with Crippen LogP contribution >= 0.6 is 0 Å². The van der Waals surface area contributed by atoms with Gasteiger partial charge in [-0.25, -0.2) is 13.1 Å². The van der Waals surface area contributed by atoms with E-state index in [1.165, 1.54) is 12.1 Å². The van der Waals surface area contributed by atoms with E-state index < -0.39 is 10.0 Å². The molecule has 0 bridgehead atoms. The highest BCUT2D eigenvalue weighted by Gasteiger charge is 2.19. The number of amides is 1. The second kappa shape index (κ2) is 8.12. The molecule has 146 valence electrons. The molecular formula is C22H24N2O3S. The van der Waals surface area contributed by atoms with Gasteiger partial charge in [-0.1, -0.05) is 55.5 Å². The van der Waals surface area contributed by atoms with Crippen LogP contribution in [-0.4, -0.2) is 20.9 Å². The lowest BCUT2D eigenvalue weighted by Gasteiger charge is -2.18. The molecule has 0 aliphatic heterocycles. The molecule has 0 fully saturated rings. The molecule has 3 aromatic rings. The third kappa shape index (κ3) is 4.08. The van der Waals surface area contributed by atoms with Crippen molar-refractivity contribution in [1.29, 1.82) is 0 Å². The predicted molar refractivity (Wildman–Crippen MR) is 112 cm³/mol. The van der Waals surface area contributed by atoms with E-state index >= 15 is 0 Å². The van der Waals surface area contributed by atoms with E-state index in [2.05, 4.69) is 10.0 Å². The highest BCUT2D eigenvalue weighted by atomic mass is 32.2. The maximum atomic E-state index is 12.9. The van der Waals surface area contributed by atoms with Crippen LogP contribution in [0.25, 0.3) is 10.8 Å². The SMILES string of the molecule is CCNS(=O)(=O)c1ccc(C)c(C(=O)NC(C)c2cccc3ccccc23)c1. The van der Waals surface area contributed by atoms with Crippen molar-refractivity contribution in [3.63, 3.8) is 0 Å². The summed E-state index contributed by atoms with van der Waals surface area (Å²) in [7, 11) is -3.62. The molecule has 1 amide bonds. The van der Waals surface area contributed by atoms with Gasteiger partial charge in [-0.05, 0) is 47.9 Å². The Labute approximate surface area is 165 Å². The van der Waals surface area contributed by atoms with Crippen molar-refractivity contribution >= 4 is 26.7 Å². The normalized spacial score (nSPS) is 12.7. The Balaban J connectivity index is 1.90. The van der Waals surface area contributed by atoms with Gasteiger partial charge >= 0.3 is 0 Å². The van der Waals surface area contributed by atoms with Crippen molar-refractivity contribution in [1.82, 2.24) is 10.0 Å². The molecule has 5 nitrogen and oxygen atoms in total. The number of carbonyl (C=O) groups excluding carboxylic acids is 1. The van der Waals surface area contributed by atoms with E-state index in [0.29, 0.717) is 5.56 Å². The lowest BCUT2D eigenvalue weighted by Crippen LogP contribution is -2.28. The topological polar surface area (TPSA) is 75.3 Å². The summed E-state index contributed by atoms with van der Waals surface area (Å²) in [4.78, 5) is 13.0. The number of sulfonamides is 1. The van der Waals surface area contributed by atoms with Gasteiger partial charge in [-0.3, -0.25) is 4.79 Å². The van der Waals surface area contributed by atoms with Crippen LogP contribution in [0, 0.1) is 6.92 Å². The van der Waals surface area contributed by atoms with Gasteiger partial charge in [-0.15, -0.1) is 0 Å². The van der Waals surface area contributed by atoms with Crippen LogP contribution in [0.1, 0.15) is 41.4 Å². The molecule has 0 aliphatic carbocycles. The molecule has 0 aliphatic rings. The summed E-state index contributed by atoms with van der Waals surface area (Å²) in [6.45, 7) is 5.72. The fraction of sp³-hybridized carbons (Fsp3) is 0.227. The van der Waals surface area contributed by atoms with Gasteiger partial charge in [0.25, 0.3) is 5.91 Å². The Morgan fingerprint density at radius 1 is 1.04 bits per heavy atom. The zero-order valence-electron chi connectivity index (χ0n) is 16.2. The molecule has 3 aromatic carbocycles. The van der Waals surface area contributed by atoms with Gasteiger partial charge in [0, 0.05) is 12.1 Å². The summed E-state index contributed by atoms with van der Waals surface area (Å²) in [6.07, 6.45) is 0. The van der Waals surface area contributed by atoms with Crippen LogP contribution in [0.5, 0.6) is 0 Å². The Morgan fingerprint density at radius 3 is 2.50 bits per heavy atom. The molecule has 0 saturated heterocycles. The van der Waals surface area contributed by atoms with Gasteiger partial charge < -0.3 is 5.32 Å². The summed E-state index contributed by atoms with van der Waals surface area (Å²) >= 11 is 0. The maximum absolute atomic E-state index is 12.9. The lowest BCUT2D eigenvalue weighted by atomic mass is 9.99. The Hall–Kier alpha value is -2.70. The predicted octanol–water partition coefficient (Wildman–Crippen LogP) is 3.94. The average molecular weight is 397 g/mol. The van der Waals surface area contributed by atoms with Crippen LogP contribution in [0.2, 0.25) is 0 Å². The monoisotopic (exact) mass is 396 g/mol. The fourth-order valence-corrected chi connectivity index (χ4v) is 4.33. The molecule has 28 heavy (non-hydrogen) atoms. The lowest BCUT2D eigenvalue weighted by molar-refractivity contribution is 0.0939. The van der Waals surface area contributed by atoms with Gasteiger partial charge in [-0.2, -0.15) is 0 Å². The first-order valence-electron chi connectivity index (χ1n) is 9.22. The molecule has 0 aromatic heterocycles. The van der Waals surface area contributed by atoms with Crippen molar-refractivity contribution in [2.45, 2.75) is 31.7 Å². The van der Waals surface area contributed by atoms with Gasteiger partial charge in [0.15, 0.2) is 0 Å².